The molecule has 0 aliphatic carbocycles. The van der Waals surface area contributed by atoms with Crippen molar-refractivity contribution in [1.82, 2.24) is 5.32 Å². The fraction of sp³-hybridized carbons (Fsp3) is 0.556. The van der Waals surface area contributed by atoms with Crippen molar-refractivity contribution in [2.45, 2.75) is 24.8 Å². The average Bonchev–Trinajstić information content (AvgIpc) is 2.71. The second kappa shape index (κ2) is 4.34. The number of thiophene rings is 1. The number of hydrogen-bond donors (Lipinski definition) is 1. The SMILES string of the molecule is CCC1CSC(c2ccc(Br)s2)N1. The van der Waals surface area contributed by atoms with Crippen molar-refractivity contribution in [3.8, 4) is 0 Å². The van der Waals surface area contributed by atoms with E-state index in [2.05, 4.69) is 40.3 Å². The van der Waals surface area contributed by atoms with Gasteiger partial charge in [-0.25, -0.2) is 0 Å². The molecule has 0 saturated carbocycles. The highest BCUT2D eigenvalue weighted by Crippen LogP contribution is 2.38. The molecule has 0 bridgehead atoms. The van der Waals surface area contributed by atoms with Crippen LogP contribution >= 0.6 is 39.0 Å². The van der Waals surface area contributed by atoms with E-state index in [1.807, 2.05) is 23.1 Å². The summed E-state index contributed by atoms with van der Waals surface area (Å²) in [4.78, 5) is 1.44. The highest BCUT2D eigenvalue weighted by atomic mass is 79.9. The molecule has 1 aromatic rings. The zero-order valence-electron chi connectivity index (χ0n) is 7.42. The van der Waals surface area contributed by atoms with Gasteiger partial charge in [0.2, 0.25) is 0 Å². The summed E-state index contributed by atoms with van der Waals surface area (Å²) in [5.41, 5.74) is 0. The van der Waals surface area contributed by atoms with Gasteiger partial charge in [0.1, 0.15) is 0 Å². The molecule has 4 heteroatoms. The summed E-state index contributed by atoms with van der Waals surface area (Å²) < 4.78 is 1.23. The Morgan fingerprint density at radius 2 is 2.46 bits per heavy atom. The first kappa shape index (κ1) is 10.0. The van der Waals surface area contributed by atoms with Crippen LogP contribution in [0.5, 0.6) is 0 Å². The van der Waals surface area contributed by atoms with Crippen LogP contribution in [0.25, 0.3) is 0 Å². The molecule has 0 spiro atoms. The molecule has 13 heavy (non-hydrogen) atoms. The van der Waals surface area contributed by atoms with E-state index in [9.17, 15) is 0 Å². The first-order chi connectivity index (χ1) is 6.29. The maximum atomic E-state index is 3.62. The Bertz CT molecular complexity index is 287. The number of hydrogen-bond acceptors (Lipinski definition) is 3. The van der Waals surface area contributed by atoms with Crippen molar-refractivity contribution < 1.29 is 0 Å². The smallest absolute Gasteiger partial charge is 0.0886 e. The quantitative estimate of drug-likeness (QED) is 0.886. The van der Waals surface area contributed by atoms with E-state index >= 15 is 0 Å². The van der Waals surface area contributed by atoms with Gasteiger partial charge < -0.3 is 0 Å². The molecule has 1 fully saturated rings. The van der Waals surface area contributed by atoms with E-state index in [1.165, 1.54) is 20.8 Å². The molecule has 1 aromatic heterocycles. The highest BCUT2D eigenvalue weighted by molar-refractivity contribution is 9.11. The molecule has 2 heterocycles. The summed E-state index contributed by atoms with van der Waals surface area (Å²) in [6.45, 7) is 2.24. The lowest BCUT2D eigenvalue weighted by Crippen LogP contribution is -2.24. The fourth-order valence-electron chi connectivity index (χ4n) is 1.39. The molecular formula is C9H12BrNS2. The standard InChI is InChI=1S/C9H12BrNS2/c1-2-6-5-12-9(11-6)7-3-4-8(10)13-7/h3-4,6,9,11H,2,5H2,1H3. The first-order valence-corrected chi connectivity index (χ1v) is 7.08. The van der Waals surface area contributed by atoms with Crippen molar-refractivity contribution in [3.63, 3.8) is 0 Å². The summed E-state index contributed by atoms with van der Waals surface area (Å²) in [5, 5.41) is 4.15. The van der Waals surface area contributed by atoms with E-state index in [4.69, 9.17) is 0 Å². The van der Waals surface area contributed by atoms with Crippen molar-refractivity contribution in [1.29, 1.82) is 0 Å². The summed E-state index contributed by atoms with van der Waals surface area (Å²) in [7, 11) is 0. The lowest BCUT2D eigenvalue weighted by atomic mass is 10.2. The molecule has 1 nitrogen and oxygen atoms in total. The van der Waals surface area contributed by atoms with Gasteiger partial charge in [-0.2, -0.15) is 0 Å². The zero-order valence-corrected chi connectivity index (χ0v) is 10.6. The Labute approximate surface area is 95.4 Å². The molecule has 0 aromatic carbocycles. The van der Waals surface area contributed by atoms with E-state index in [1.54, 1.807) is 0 Å². The van der Waals surface area contributed by atoms with E-state index in [0.717, 1.165) is 0 Å². The van der Waals surface area contributed by atoms with Gasteiger partial charge >= 0.3 is 0 Å². The van der Waals surface area contributed by atoms with Crippen LogP contribution in [0.3, 0.4) is 0 Å². The Hall–Kier alpha value is 0.490. The lowest BCUT2D eigenvalue weighted by molar-refractivity contribution is 0.564. The van der Waals surface area contributed by atoms with Crippen LogP contribution < -0.4 is 5.32 Å². The van der Waals surface area contributed by atoms with Crippen LogP contribution in [0.4, 0.5) is 0 Å². The predicted molar refractivity (Wildman–Crippen MR) is 64.4 cm³/mol. The molecule has 1 N–H and O–H groups in total. The normalized spacial score (nSPS) is 28.2. The molecule has 0 radical (unpaired) electrons. The molecular weight excluding hydrogens is 266 g/mol. The van der Waals surface area contributed by atoms with Gasteiger partial charge in [-0.15, -0.1) is 23.1 Å². The van der Waals surface area contributed by atoms with E-state index in [0.29, 0.717) is 11.4 Å². The molecule has 0 amide bonds. The average molecular weight is 278 g/mol. The number of halogens is 1. The highest BCUT2D eigenvalue weighted by Gasteiger charge is 2.24. The first-order valence-electron chi connectivity index (χ1n) is 4.42. The van der Waals surface area contributed by atoms with Gasteiger partial charge in [-0.05, 0) is 34.5 Å². The van der Waals surface area contributed by atoms with Crippen LogP contribution in [0.1, 0.15) is 23.6 Å². The maximum absolute atomic E-state index is 3.62. The third kappa shape index (κ3) is 2.29. The molecule has 2 rings (SSSR count). The van der Waals surface area contributed by atoms with E-state index < -0.39 is 0 Å². The second-order valence-electron chi connectivity index (χ2n) is 3.13. The molecule has 1 aliphatic heterocycles. The van der Waals surface area contributed by atoms with E-state index in [-0.39, 0.29) is 0 Å². The van der Waals surface area contributed by atoms with Crippen LogP contribution in [0.2, 0.25) is 0 Å². The molecule has 2 atom stereocenters. The van der Waals surface area contributed by atoms with Gasteiger partial charge in [0.15, 0.2) is 0 Å². The van der Waals surface area contributed by atoms with Crippen LogP contribution in [0.15, 0.2) is 15.9 Å². The zero-order chi connectivity index (χ0) is 9.26. The minimum atomic E-state index is 0.529. The minimum absolute atomic E-state index is 0.529. The topological polar surface area (TPSA) is 12.0 Å². The number of nitrogens with one attached hydrogen (secondary N) is 1. The molecule has 72 valence electrons. The Balaban J connectivity index is 2.03. The van der Waals surface area contributed by atoms with Gasteiger partial charge in [0, 0.05) is 16.7 Å². The predicted octanol–water partition coefficient (Wildman–Crippen LogP) is 3.62. The second-order valence-corrected chi connectivity index (χ2v) is 6.76. The van der Waals surface area contributed by atoms with Gasteiger partial charge in [-0.3, -0.25) is 5.32 Å². The fourth-order valence-corrected chi connectivity index (χ4v) is 4.39. The summed E-state index contributed by atoms with van der Waals surface area (Å²) >= 11 is 7.34. The van der Waals surface area contributed by atoms with Crippen molar-refractivity contribution in [3.05, 3.63) is 20.8 Å². The van der Waals surface area contributed by atoms with Crippen molar-refractivity contribution >= 4 is 39.0 Å². The van der Waals surface area contributed by atoms with Gasteiger partial charge in [0.05, 0.1) is 9.16 Å². The summed E-state index contributed by atoms with van der Waals surface area (Å²) in [6, 6.07) is 5.04. The number of rotatable bonds is 2. The monoisotopic (exact) mass is 277 g/mol. The largest absolute Gasteiger partial charge is 0.297 e. The Morgan fingerprint density at radius 1 is 1.62 bits per heavy atom. The third-order valence-corrected chi connectivity index (χ3v) is 5.35. The third-order valence-electron chi connectivity index (χ3n) is 2.20. The summed E-state index contributed by atoms with van der Waals surface area (Å²) in [5.74, 6) is 1.25. The van der Waals surface area contributed by atoms with Crippen LogP contribution in [0, 0.1) is 0 Å². The Morgan fingerprint density at radius 3 is 3.00 bits per heavy atom. The van der Waals surface area contributed by atoms with Gasteiger partial charge in [-0.1, -0.05) is 6.92 Å². The molecule has 1 saturated heterocycles. The lowest BCUT2D eigenvalue weighted by Gasteiger charge is -2.09. The molecule has 2 unspecified atom stereocenters. The van der Waals surface area contributed by atoms with Crippen molar-refractivity contribution in [2.24, 2.45) is 0 Å². The molecule has 1 aliphatic rings. The van der Waals surface area contributed by atoms with Crippen molar-refractivity contribution in [2.75, 3.05) is 5.75 Å². The summed E-state index contributed by atoms with van der Waals surface area (Å²) in [6.07, 6.45) is 1.23. The van der Waals surface area contributed by atoms with Crippen LogP contribution in [-0.4, -0.2) is 11.8 Å². The van der Waals surface area contributed by atoms with Gasteiger partial charge in [0.25, 0.3) is 0 Å². The Kier molecular flexibility index (Phi) is 3.35. The number of thioether (sulfide) groups is 1. The van der Waals surface area contributed by atoms with Crippen LogP contribution in [-0.2, 0) is 0 Å². The maximum Gasteiger partial charge on any atom is 0.0886 e. The minimum Gasteiger partial charge on any atom is -0.297 e.